The van der Waals surface area contributed by atoms with Crippen molar-refractivity contribution < 1.29 is 13.6 Å². The van der Waals surface area contributed by atoms with Crippen LogP contribution in [0.2, 0.25) is 0 Å². The van der Waals surface area contributed by atoms with Crippen molar-refractivity contribution in [2.75, 3.05) is 0 Å². The van der Waals surface area contributed by atoms with E-state index < -0.39 is 8.25 Å². The molecule has 6 unspecified atom stereocenters. The first kappa shape index (κ1) is 17.4. The second kappa shape index (κ2) is 5.05. The van der Waals surface area contributed by atoms with Crippen LogP contribution in [0.1, 0.15) is 80.1 Å². The van der Waals surface area contributed by atoms with Gasteiger partial charge in [-0.2, -0.15) is 0 Å². The topological polar surface area (TPSA) is 35.5 Å². The molecule has 4 fully saturated rings. The maximum Gasteiger partial charge on any atom is 0.698 e. The van der Waals surface area contributed by atoms with E-state index in [9.17, 15) is 4.57 Å². The minimum atomic E-state index is -2.06. The number of hydrogen-bond acceptors (Lipinski definition) is 3. The van der Waals surface area contributed by atoms with E-state index >= 15 is 0 Å². The summed E-state index contributed by atoms with van der Waals surface area (Å²) < 4.78 is 25.2. The van der Waals surface area contributed by atoms with E-state index in [2.05, 4.69) is 41.5 Å². The van der Waals surface area contributed by atoms with Gasteiger partial charge in [-0.1, -0.05) is 41.5 Å². The molecule has 4 bridgehead atoms. The fraction of sp³-hybridized carbons (Fsp3) is 1.00. The Hall–Kier alpha value is 0.0200. The van der Waals surface area contributed by atoms with Gasteiger partial charge >= 0.3 is 8.25 Å². The van der Waals surface area contributed by atoms with Gasteiger partial charge in [-0.25, -0.2) is 0 Å². The molecule has 0 amide bonds. The summed E-state index contributed by atoms with van der Waals surface area (Å²) in [5, 5.41) is 0. The van der Waals surface area contributed by atoms with Crippen molar-refractivity contribution in [3.05, 3.63) is 0 Å². The van der Waals surface area contributed by atoms with Crippen LogP contribution in [0.5, 0.6) is 0 Å². The monoisotopic (exact) mass is 353 g/mol. The van der Waals surface area contributed by atoms with Gasteiger partial charge in [0.2, 0.25) is 0 Å². The molecule has 6 atom stereocenters. The molecule has 24 heavy (non-hydrogen) atoms. The van der Waals surface area contributed by atoms with Gasteiger partial charge < -0.3 is 0 Å². The Morgan fingerprint density at radius 3 is 1.42 bits per heavy atom. The molecule has 4 rings (SSSR count). The average molecular weight is 353 g/mol. The molecule has 4 aliphatic rings. The van der Waals surface area contributed by atoms with Gasteiger partial charge in [-0.3, -0.25) is 0 Å². The van der Waals surface area contributed by atoms with E-state index in [1.165, 1.54) is 38.5 Å². The fourth-order valence-corrected chi connectivity index (χ4v) is 8.68. The molecule has 0 heterocycles. The van der Waals surface area contributed by atoms with Crippen molar-refractivity contribution in [3.8, 4) is 0 Å². The Morgan fingerprint density at radius 2 is 1.12 bits per heavy atom. The zero-order valence-corrected chi connectivity index (χ0v) is 17.1. The normalized spacial score (nSPS) is 51.3. The Balaban J connectivity index is 1.48. The smallest absolute Gasteiger partial charge is 0.115 e. The lowest BCUT2D eigenvalue weighted by molar-refractivity contribution is -0.0518. The Labute approximate surface area is 148 Å². The van der Waals surface area contributed by atoms with Gasteiger partial charge in [0.15, 0.2) is 0 Å². The molecule has 4 saturated carbocycles. The average Bonchev–Trinajstić information content (AvgIpc) is 3.13. The molecule has 0 N–H and O–H groups in total. The summed E-state index contributed by atoms with van der Waals surface area (Å²) >= 11 is 0. The van der Waals surface area contributed by atoms with Crippen LogP contribution >= 0.6 is 8.25 Å². The molecular formula is C20H34O3P+. The summed E-state index contributed by atoms with van der Waals surface area (Å²) in [7, 11) is -2.06. The summed E-state index contributed by atoms with van der Waals surface area (Å²) in [6.45, 7) is 13.8. The van der Waals surface area contributed by atoms with Gasteiger partial charge in [-0.15, -0.1) is 9.05 Å². The van der Waals surface area contributed by atoms with E-state index in [4.69, 9.17) is 9.05 Å². The minimum Gasteiger partial charge on any atom is -0.115 e. The lowest BCUT2D eigenvalue weighted by Gasteiger charge is -2.40. The van der Waals surface area contributed by atoms with Crippen LogP contribution in [0.3, 0.4) is 0 Å². The minimum absolute atomic E-state index is 0.0573. The molecule has 0 aromatic carbocycles. The number of fused-ring (bicyclic) bond motifs is 4. The summed E-state index contributed by atoms with van der Waals surface area (Å²) in [5.74, 6) is 1.40. The highest BCUT2D eigenvalue weighted by atomic mass is 31.1. The van der Waals surface area contributed by atoms with Crippen LogP contribution in [-0.2, 0) is 13.6 Å². The molecule has 0 radical (unpaired) electrons. The number of rotatable bonds is 4. The molecular weight excluding hydrogens is 319 g/mol. The van der Waals surface area contributed by atoms with E-state index in [0.717, 1.165) is 0 Å². The third kappa shape index (κ3) is 2.23. The highest BCUT2D eigenvalue weighted by Crippen LogP contribution is 2.67. The Bertz CT molecular complexity index is 514. The Morgan fingerprint density at radius 1 is 0.750 bits per heavy atom. The van der Waals surface area contributed by atoms with Gasteiger partial charge in [0.05, 0.1) is 0 Å². The van der Waals surface area contributed by atoms with Gasteiger partial charge in [0.1, 0.15) is 12.2 Å². The van der Waals surface area contributed by atoms with Crippen molar-refractivity contribution in [3.63, 3.8) is 0 Å². The van der Waals surface area contributed by atoms with Gasteiger partial charge in [-0.05, 0) is 72.0 Å². The molecule has 4 heteroatoms. The molecule has 0 aromatic heterocycles. The third-order valence-corrected chi connectivity index (χ3v) is 9.42. The van der Waals surface area contributed by atoms with E-state index in [0.29, 0.717) is 11.8 Å². The maximum atomic E-state index is 12.9. The van der Waals surface area contributed by atoms with Crippen LogP contribution in [0.15, 0.2) is 0 Å². The standard InChI is InChI=1S/C20H34O3P/c1-17(2)13-7-9-19(5,11-13)15(17)22-24(21)23-16-18(3,4)14-8-10-20(16,6)12-14/h13-16H,7-12H2,1-6H3/q+1. The first-order valence-corrected chi connectivity index (χ1v) is 10.9. The summed E-state index contributed by atoms with van der Waals surface area (Å²) in [4.78, 5) is 0. The summed E-state index contributed by atoms with van der Waals surface area (Å²) in [5.41, 5.74) is 0.568. The second-order valence-corrected chi connectivity index (χ2v) is 11.9. The molecule has 0 spiro atoms. The van der Waals surface area contributed by atoms with Crippen LogP contribution < -0.4 is 0 Å². The van der Waals surface area contributed by atoms with E-state index in [1.807, 2.05) is 0 Å². The quantitative estimate of drug-likeness (QED) is 0.572. The predicted molar refractivity (Wildman–Crippen MR) is 95.8 cm³/mol. The van der Waals surface area contributed by atoms with Gasteiger partial charge in [0, 0.05) is 4.57 Å². The molecule has 0 aromatic rings. The first-order valence-electron chi connectivity index (χ1n) is 9.80. The van der Waals surface area contributed by atoms with Crippen molar-refractivity contribution in [2.24, 2.45) is 33.5 Å². The lowest BCUT2D eigenvalue weighted by atomic mass is 9.70. The largest absolute Gasteiger partial charge is 0.698 e. The first-order chi connectivity index (χ1) is 11.0. The van der Waals surface area contributed by atoms with Crippen LogP contribution in [0.25, 0.3) is 0 Å². The van der Waals surface area contributed by atoms with Crippen LogP contribution in [0, 0.1) is 33.5 Å². The lowest BCUT2D eigenvalue weighted by Crippen LogP contribution is -2.43. The van der Waals surface area contributed by atoms with Crippen molar-refractivity contribution in [1.29, 1.82) is 0 Å². The SMILES string of the molecule is CC12CCC(C1)C(C)(C)C2O[P+](=O)OC1C2(C)CCC(C2)C1(C)C. The fourth-order valence-electron chi connectivity index (χ4n) is 7.24. The zero-order chi connectivity index (χ0) is 17.5. The third-order valence-electron chi connectivity index (χ3n) is 8.66. The molecule has 0 aliphatic heterocycles. The van der Waals surface area contributed by atoms with Gasteiger partial charge in [0.25, 0.3) is 0 Å². The predicted octanol–water partition coefficient (Wildman–Crippen LogP) is 6.11. The van der Waals surface area contributed by atoms with Crippen LogP contribution in [-0.4, -0.2) is 12.2 Å². The summed E-state index contributed by atoms with van der Waals surface area (Å²) in [6, 6.07) is 0. The highest BCUT2D eigenvalue weighted by Gasteiger charge is 2.66. The van der Waals surface area contributed by atoms with E-state index in [-0.39, 0.29) is 33.9 Å². The van der Waals surface area contributed by atoms with Crippen molar-refractivity contribution in [2.45, 2.75) is 92.3 Å². The zero-order valence-electron chi connectivity index (χ0n) is 16.2. The number of hydrogen-bond donors (Lipinski definition) is 0. The van der Waals surface area contributed by atoms with E-state index in [1.54, 1.807) is 0 Å². The summed E-state index contributed by atoms with van der Waals surface area (Å²) in [6.07, 6.45) is 7.51. The molecule has 4 aliphatic carbocycles. The van der Waals surface area contributed by atoms with Crippen LogP contribution in [0.4, 0.5) is 0 Å². The molecule has 3 nitrogen and oxygen atoms in total. The second-order valence-electron chi connectivity index (χ2n) is 11.0. The van der Waals surface area contributed by atoms with Crippen molar-refractivity contribution in [1.82, 2.24) is 0 Å². The Kier molecular flexibility index (Phi) is 3.67. The molecule has 136 valence electrons. The molecule has 0 saturated heterocycles. The maximum absolute atomic E-state index is 12.9. The van der Waals surface area contributed by atoms with Crippen molar-refractivity contribution >= 4 is 8.25 Å². The highest BCUT2D eigenvalue weighted by molar-refractivity contribution is 7.33.